The van der Waals surface area contributed by atoms with Gasteiger partial charge in [-0.25, -0.2) is 9.59 Å². The standard InChI is InChI=1S/C16H23N3O5.C10H19NO2.C7H6ClNO3.C6H15N.CH3I.CH4/c1-16(2,3)24-15(20)18-9-7-17(8-10-18)12-5-6-13(19(21)22)14(11-12)23-4;1-10(2,3)13-9(12)11-7-5-4-6-8-11;1-12-7-4-5(8)2-3-6(7)9(10)11;1-4-7(5-2)6-3;1-2;/h5-6,11H,7-10H2,1-4H3;4-8H2,1-3H3;2-4H,1H3;4-6H2,1-3H3;1H3;1H4/i4D3;;1D3;;;. The normalized spacial score (nSPS) is 15.4. The molecule has 2 aliphatic rings. The quantitative estimate of drug-likeness (QED) is 0.106. The predicted molar refractivity (Wildman–Crippen MR) is 246 cm³/mol. The number of anilines is 1. The minimum atomic E-state index is -2.79. The number of nitrogens with zero attached hydrogens (tertiary/aromatic N) is 6. The zero-order chi connectivity index (χ0) is 49.6. The number of halogens is 2. The van der Waals surface area contributed by atoms with Gasteiger partial charge in [0.2, 0.25) is 0 Å². The van der Waals surface area contributed by atoms with Crippen LogP contribution in [0.2, 0.25) is 5.02 Å². The van der Waals surface area contributed by atoms with Crippen LogP contribution < -0.4 is 14.4 Å². The van der Waals surface area contributed by atoms with E-state index in [0.29, 0.717) is 31.9 Å². The lowest BCUT2D eigenvalue weighted by Gasteiger charge is -2.36. The molecular weight excluding hydrogens is 899 g/mol. The zero-order valence-electron chi connectivity index (χ0n) is 41.5. The number of methoxy groups -OCH3 is 2. The molecule has 0 aliphatic carbocycles. The third-order valence-electron chi connectivity index (χ3n) is 8.12. The molecule has 0 unspecified atom stereocenters. The van der Waals surface area contributed by atoms with Crippen molar-refractivity contribution in [1.29, 1.82) is 0 Å². The summed E-state index contributed by atoms with van der Waals surface area (Å²) in [6.07, 6.45) is 2.90. The van der Waals surface area contributed by atoms with Crippen molar-refractivity contribution in [3.05, 3.63) is 61.6 Å². The van der Waals surface area contributed by atoms with Crippen LogP contribution in [0.4, 0.5) is 26.7 Å². The summed E-state index contributed by atoms with van der Waals surface area (Å²) in [6.45, 7) is 24.7. The van der Waals surface area contributed by atoms with Crippen LogP contribution in [0, 0.1) is 20.2 Å². The van der Waals surface area contributed by atoms with Gasteiger partial charge in [0.1, 0.15) is 11.2 Å². The molecule has 16 nitrogen and oxygen atoms in total. The van der Waals surface area contributed by atoms with Crippen LogP contribution in [-0.4, -0.2) is 126 Å². The first-order valence-electron chi connectivity index (χ1n) is 21.9. The summed E-state index contributed by atoms with van der Waals surface area (Å²) in [6, 6.07) is 7.56. The number of alkyl halides is 1. The minimum absolute atomic E-state index is 0. The second-order valence-electron chi connectivity index (χ2n) is 14.6. The van der Waals surface area contributed by atoms with Crippen LogP contribution in [0.5, 0.6) is 11.5 Å². The van der Waals surface area contributed by atoms with E-state index in [1.165, 1.54) is 50.3 Å². The smallest absolute Gasteiger partial charge is 0.410 e. The number of hydrogen-bond donors (Lipinski definition) is 0. The predicted octanol–water partition coefficient (Wildman–Crippen LogP) is 10.4. The first-order chi connectivity index (χ1) is 29.5. The van der Waals surface area contributed by atoms with Crippen molar-refractivity contribution >= 4 is 63.4 Å². The fourth-order valence-corrected chi connectivity index (χ4v) is 5.36. The van der Waals surface area contributed by atoms with Crippen molar-refractivity contribution < 1.29 is 46.6 Å². The largest absolute Gasteiger partial charge is 0.490 e. The molecule has 2 aliphatic heterocycles. The lowest BCUT2D eigenvalue weighted by Crippen LogP contribution is -2.50. The number of carbonyl (C=O) groups is 2. The van der Waals surface area contributed by atoms with Crippen LogP contribution in [0.15, 0.2) is 36.4 Å². The van der Waals surface area contributed by atoms with Crippen LogP contribution in [0.1, 0.15) is 97.2 Å². The summed E-state index contributed by atoms with van der Waals surface area (Å²) in [5.41, 5.74) is -1.20. The lowest BCUT2D eigenvalue weighted by molar-refractivity contribution is -0.385. The Kier molecular flexibility index (Phi) is 23.0. The van der Waals surface area contributed by atoms with Crippen molar-refractivity contribution in [3.8, 4) is 11.5 Å². The van der Waals surface area contributed by atoms with Gasteiger partial charge in [-0.05, 0) is 97.5 Å². The van der Waals surface area contributed by atoms with Gasteiger partial charge >= 0.3 is 23.6 Å². The molecule has 2 heterocycles. The van der Waals surface area contributed by atoms with Crippen molar-refractivity contribution in [2.45, 2.75) is 100 Å². The molecule has 2 aromatic carbocycles. The average molecular weight is 975 g/mol. The number of nitro groups is 2. The maximum absolute atomic E-state index is 12.1. The Morgan fingerprint density at radius 1 is 0.729 bits per heavy atom. The first kappa shape index (κ1) is 46.2. The molecule has 2 amide bonds. The highest BCUT2D eigenvalue weighted by atomic mass is 127. The van der Waals surface area contributed by atoms with E-state index in [0.717, 1.165) is 38.1 Å². The Morgan fingerprint density at radius 2 is 1.14 bits per heavy atom. The molecule has 2 fully saturated rings. The van der Waals surface area contributed by atoms with Gasteiger partial charge in [0, 0.05) is 74.2 Å². The van der Waals surface area contributed by atoms with E-state index >= 15 is 0 Å². The van der Waals surface area contributed by atoms with E-state index in [9.17, 15) is 29.8 Å². The summed E-state index contributed by atoms with van der Waals surface area (Å²) in [5, 5.41) is 21.8. The summed E-state index contributed by atoms with van der Waals surface area (Å²) < 4.78 is 61.9. The molecule has 4 rings (SSSR count). The Morgan fingerprint density at radius 3 is 1.51 bits per heavy atom. The average Bonchev–Trinajstić information content (AvgIpc) is 3.18. The second-order valence-corrected chi connectivity index (χ2v) is 15.0. The van der Waals surface area contributed by atoms with Gasteiger partial charge in [-0.1, -0.05) is 62.4 Å². The van der Waals surface area contributed by atoms with E-state index < -0.39 is 47.0 Å². The highest BCUT2D eigenvalue weighted by molar-refractivity contribution is 14.1. The molecule has 0 radical (unpaired) electrons. The van der Waals surface area contributed by atoms with Gasteiger partial charge in [0.15, 0.2) is 11.5 Å². The van der Waals surface area contributed by atoms with Crippen LogP contribution in [0.3, 0.4) is 0 Å². The van der Waals surface area contributed by atoms with E-state index in [1.54, 1.807) is 30.6 Å². The molecule has 0 atom stereocenters. The SMILES string of the molecule is C.CC(C)(C)OC(=O)N1CCCCC1.CCN(CC)CC.CI.[2H]C([2H])([2H])Oc1cc(Cl)ccc1[N+](=O)[O-].[2H]C([2H])([2H])Oc1cc(N2CCN(C(=O)OC(C)(C)C)CC2)ccc1[N+](=O)[O-]. The summed E-state index contributed by atoms with van der Waals surface area (Å²) in [5.74, 6) is -0.681. The number of benzene rings is 2. The highest BCUT2D eigenvalue weighted by Gasteiger charge is 2.27. The number of ether oxygens (including phenoxy) is 4. The summed E-state index contributed by atoms with van der Waals surface area (Å²) >= 11 is 7.71. The van der Waals surface area contributed by atoms with Gasteiger partial charge in [-0.2, -0.15) is 0 Å². The fourth-order valence-electron chi connectivity index (χ4n) is 5.20. The van der Waals surface area contributed by atoms with Crippen molar-refractivity contribution in [1.82, 2.24) is 14.7 Å². The number of nitro benzene ring substituents is 2. The Labute approximate surface area is 379 Å². The number of amides is 2. The zero-order valence-corrected chi connectivity index (χ0v) is 38.4. The maximum Gasteiger partial charge on any atom is 0.410 e. The number of hydrogen-bond acceptors (Lipinski definition) is 12. The third-order valence-corrected chi connectivity index (χ3v) is 8.36. The fraction of sp³-hybridized carbons (Fsp3) is 0.659. The Bertz CT molecular complexity index is 1740. The van der Waals surface area contributed by atoms with Crippen molar-refractivity contribution in [2.75, 3.05) is 82.8 Å². The molecule has 2 saturated heterocycles. The van der Waals surface area contributed by atoms with E-state index in [4.69, 9.17) is 34.0 Å². The molecule has 0 N–H and O–H groups in total. The lowest BCUT2D eigenvalue weighted by atomic mass is 10.1. The molecule has 338 valence electrons. The van der Waals surface area contributed by atoms with Crippen molar-refractivity contribution in [3.63, 3.8) is 0 Å². The first-order valence-corrected chi connectivity index (χ1v) is 21.4. The van der Waals surface area contributed by atoms with Crippen LogP contribution >= 0.6 is 34.2 Å². The monoisotopic (exact) mass is 974 g/mol. The Balaban J connectivity index is 0. The summed E-state index contributed by atoms with van der Waals surface area (Å²) in [7, 11) is -5.53. The van der Waals surface area contributed by atoms with Crippen LogP contribution in [-0.2, 0) is 9.47 Å². The molecule has 0 aromatic heterocycles. The number of piperazine rings is 1. The Hall–Kier alpha value is -3.84. The number of piperidine rings is 1. The molecule has 2 aromatic rings. The molecular formula is C41H70ClIN6O10. The third kappa shape index (κ3) is 22.9. The second kappa shape index (κ2) is 29.4. The molecule has 18 heteroatoms. The molecule has 0 saturated carbocycles. The van der Waals surface area contributed by atoms with Gasteiger partial charge in [-0.3, -0.25) is 20.2 Å². The van der Waals surface area contributed by atoms with E-state index in [2.05, 4.69) is 53.0 Å². The number of rotatable bonds is 8. The number of likely N-dealkylation sites (tertiary alicyclic amines) is 1. The topological polar surface area (TPSA) is 170 Å². The van der Waals surface area contributed by atoms with Crippen molar-refractivity contribution in [2.24, 2.45) is 0 Å². The molecule has 0 bridgehead atoms. The van der Waals surface area contributed by atoms with Gasteiger partial charge in [0.05, 0.1) is 32.1 Å². The van der Waals surface area contributed by atoms with Gasteiger partial charge < -0.3 is 38.5 Å². The minimum Gasteiger partial charge on any atom is -0.490 e. The molecule has 59 heavy (non-hydrogen) atoms. The van der Waals surface area contributed by atoms with E-state index in [1.807, 2.05) is 30.6 Å². The summed E-state index contributed by atoms with van der Waals surface area (Å²) in [4.78, 5) is 53.5. The highest BCUT2D eigenvalue weighted by Crippen LogP contribution is 2.32. The van der Waals surface area contributed by atoms with Gasteiger partial charge in [-0.15, -0.1) is 0 Å². The number of carbonyl (C=O) groups excluding carboxylic acids is 2. The van der Waals surface area contributed by atoms with Crippen LogP contribution in [0.25, 0.3) is 0 Å². The van der Waals surface area contributed by atoms with Gasteiger partial charge in [0.25, 0.3) is 0 Å². The molecule has 0 spiro atoms. The maximum atomic E-state index is 12.1. The van der Waals surface area contributed by atoms with E-state index in [-0.39, 0.29) is 35.6 Å².